The Labute approximate surface area is 101 Å². The van der Waals surface area contributed by atoms with Crippen LogP contribution in [0.5, 0.6) is 0 Å². The Kier molecular flexibility index (Phi) is 3.18. The molecule has 0 fully saturated rings. The highest BCUT2D eigenvalue weighted by atomic mass is 127. The molecule has 1 heterocycles. The van der Waals surface area contributed by atoms with Gasteiger partial charge in [0, 0.05) is 10.9 Å². The zero-order chi connectivity index (χ0) is 9.97. The number of hydrogen-bond donors (Lipinski definition) is 0. The Morgan fingerprint density at radius 3 is 2.79 bits per heavy atom. The third-order valence-electron chi connectivity index (χ3n) is 2.15. The predicted octanol–water partition coefficient (Wildman–Crippen LogP) is 3.98. The van der Waals surface area contributed by atoms with Gasteiger partial charge in [-0.05, 0) is 34.6 Å². The molecule has 0 amide bonds. The van der Waals surface area contributed by atoms with Crippen LogP contribution in [0.3, 0.4) is 0 Å². The quantitative estimate of drug-likeness (QED) is 0.764. The third kappa shape index (κ3) is 1.98. The van der Waals surface area contributed by atoms with Crippen molar-refractivity contribution in [3.63, 3.8) is 0 Å². The molecule has 0 saturated heterocycles. The molecular formula is C11H10INS. The Balaban J connectivity index is 2.50. The topological polar surface area (TPSA) is 12.9 Å². The predicted molar refractivity (Wildman–Crippen MR) is 69.6 cm³/mol. The fraction of sp³-hybridized carbons (Fsp3) is 0.182. The summed E-state index contributed by atoms with van der Waals surface area (Å²) in [6.07, 6.45) is 1.06. The minimum Gasteiger partial charge on any atom is -0.230 e. The van der Waals surface area contributed by atoms with Crippen molar-refractivity contribution >= 4 is 33.9 Å². The largest absolute Gasteiger partial charge is 0.230 e. The second kappa shape index (κ2) is 4.40. The molecule has 0 spiro atoms. The van der Waals surface area contributed by atoms with Gasteiger partial charge in [-0.15, -0.1) is 11.3 Å². The van der Waals surface area contributed by atoms with Crippen molar-refractivity contribution in [3.05, 3.63) is 38.2 Å². The van der Waals surface area contributed by atoms with E-state index in [1.165, 1.54) is 11.1 Å². The van der Waals surface area contributed by atoms with Gasteiger partial charge in [-0.1, -0.05) is 31.2 Å². The molecule has 14 heavy (non-hydrogen) atoms. The molecule has 72 valence electrons. The third-order valence-corrected chi connectivity index (χ3v) is 3.78. The molecule has 1 nitrogen and oxygen atoms in total. The van der Waals surface area contributed by atoms with Crippen molar-refractivity contribution in [2.45, 2.75) is 13.3 Å². The van der Waals surface area contributed by atoms with Crippen molar-refractivity contribution in [1.29, 1.82) is 0 Å². The highest BCUT2D eigenvalue weighted by Crippen LogP contribution is 2.26. The number of hydrogen-bond acceptors (Lipinski definition) is 2. The van der Waals surface area contributed by atoms with Crippen LogP contribution in [0, 0.1) is 3.01 Å². The summed E-state index contributed by atoms with van der Waals surface area (Å²) in [4.78, 5) is 4.49. The van der Waals surface area contributed by atoms with Gasteiger partial charge in [0.2, 0.25) is 0 Å². The highest BCUT2D eigenvalue weighted by Gasteiger charge is 2.05. The van der Waals surface area contributed by atoms with Crippen molar-refractivity contribution in [3.8, 4) is 11.3 Å². The molecule has 0 atom stereocenters. The SMILES string of the molecule is CCc1ccccc1-c1csc(I)n1. The lowest BCUT2D eigenvalue weighted by Gasteiger charge is -2.03. The molecule has 0 N–H and O–H groups in total. The number of benzene rings is 1. The van der Waals surface area contributed by atoms with Crippen molar-refractivity contribution in [2.75, 3.05) is 0 Å². The molecule has 0 unspecified atom stereocenters. The molecule has 2 aromatic rings. The van der Waals surface area contributed by atoms with Crippen LogP contribution in [-0.4, -0.2) is 4.98 Å². The lowest BCUT2D eigenvalue weighted by Crippen LogP contribution is -1.86. The molecule has 0 saturated carbocycles. The van der Waals surface area contributed by atoms with Crippen LogP contribution in [0.15, 0.2) is 29.6 Å². The first-order valence-electron chi connectivity index (χ1n) is 4.50. The molecule has 0 aliphatic heterocycles. The summed E-state index contributed by atoms with van der Waals surface area (Å²) < 4.78 is 1.10. The monoisotopic (exact) mass is 315 g/mol. The van der Waals surface area contributed by atoms with Gasteiger partial charge in [-0.3, -0.25) is 0 Å². The van der Waals surface area contributed by atoms with E-state index >= 15 is 0 Å². The Hall–Kier alpha value is -0.420. The van der Waals surface area contributed by atoms with Gasteiger partial charge in [0.25, 0.3) is 0 Å². The van der Waals surface area contributed by atoms with Crippen molar-refractivity contribution in [1.82, 2.24) is 4.98 Å². The summed E-state index contributed by atoms with van der Waals surface area (Å²) in [6, 6.07) is 8.46. The summed E-state index contributed by atoms with van der Waals surface area (Å²) in [5.41, 5.74) is 3.75. The maximum atomic E-state index is 4.49. The van der Waals surface area contributed by atoms with E-state index in [2.05, 4.69) is 64.1 Å². The zero-order valence-corrected chi connectivity index (χ0v) is 10.8. The maximum absolute atomic E-state index is 4.49. The molecule has 1 aromatic carbocycles. The normalized spacial score (nSPS) is 10.4. The summed E-state index contributed by atoms with van der Waals surface area (Å²) in [5, 5.41) is 2.12. The smallest absolute Gasteiger partial charge is 0.154 e. The summed E-state index contributed by atoms with van der Waals surface area (Å²) in [7, 11) is 0. The van der Waals surface area contributed by atoms with Gasteiger partial charge in [0.05, 0.1) is 5.69 Å². The number of halogens is 1. The van der Waals surface area contributed by atoms with Gasteiger partial charge in [0.1, 0.15) is 0 Å². The van der Waals surface area contributed by atoms with E-state index in [4.69, 9.17) is 0 Å². The molecule has 1 aromatic heterocycles. The molecule has 0 aliphatic carbocycles. The van der Waals surface area contributed by atoms with E-state index in [1.807, 2.05) is 0 Å². The molecular weight excluding hydrogens is 305 g/mol. The Morgan fingerprint density at radius 2 is 2.14 bits per heavy atom. The van der Waals surface area contributed by atoms with E-state index in [0.29, 0.717) is 0 Å². The van der Waals surface area contributed by atoms with Crippen LogP contribution in [0.4, 0.5) is 0 Å². The minimum absolute atomic E-state index is 1.06. The second-order valence-corrected chi connectivity index (χ2v) is 5.61. The van der Waals surface area contributed by atoms with Crippen LogP contribution in [0.2, 0.25) is 0 Å². The second-order valence-electron chi connectivity index (χ2n) is 3.00. The van der Waals surface area contributed by atoms with Gasteiger partial charge < -0.3 is 0 Å². The van der Waals surface area contributed by atoms with E-state index in [9.17, 15) is 0 Å². The summed E-state index contributed by atoms with van der Waals surface area (Å²) in [5.74, 6) is 0. The fourth-order valence-corrected chi connectivity index (χ4v) is 2.63. The Morgan fingerprint density at radius 1 is 1.36 bits per heavy atom. The van der Waals surface area contributed by atoms with Crippen molar-refractivity contribution in [2.24, 2.45) is 0 Å². The number of aromatic nitrogens is 1. The number of rotatable bonds is 2. The summed E-state index contributed by atoms with van der Waals surface area (Å²) in [6.45, 7) is 2.18. The number of thiazole rings is 1. The maximum Gasteiger partial charge on any atom is 0.154 e. The van der Waals surface area contributed by atoms with Gasteiger partial charge in [-0.25, -0.2) is 4.98 Å². The standard InChI is InChI=1S/C11H10INS/c1-2-8-5-3-4-6-9(8)10-7-14-11(12)13-10/h3-7H,2H2,1H3. The zero-order valence-electron chi connectivity index (χ0n) is 7.83. The lowest BCUT2D eigenvalue weighted by atomic mass is 10.0. The Bertz CT molecular complexity index is 436. The molecule has 0 radical (unpaired) electrons. The number of nitrogens with zero attached hydrogens (tertiary/aromatic N) is 1. The molecule has 2 rings (SSSR count). The van der Waals surface area contributed by atoms with Crippen LogP contribution < -0.4 is 0 Å². The van der Waals surface area contributed by atoms with E-state index in [0.717, 1.165) is 15.1 Å². The van der Waals surface area contributed by atoms with Gasteiger partial charge in [0.15, 0.2) is 3.01 Å². The number of aryl methyl sites for hydroxylation is 1. The van der Waals surface area contributed by atoms with Crippen LogP contribution in [-0.2, 0) is 6.42 Å². The van der Waals surface area contributed by atoms with Gasteiger partial charge in [-0.2, -0.15) is 0 Å². The average molecular weight is 315 g/mol. The molecule has 0 aliphatic rings. The minimum atomic E-state index is 1.06. The van der Waals surface area contributed by atoms with Crippen LogP contribution in [0.25, 0.3) is 11.3 Å². The first-order valence-corrected chi connectivity index (χ1v) is 6.46. The van der Waals surface area contributed by atoms with E-state index in [-0.39, 0.29) is 0 Å². The fourth-order valence-electron chi connectivity index (χ4n) is 1.45. The lowest BCUT2D eigenvalue weighted by molar-refractivity contribution is 1.14. The van der Waals surface area contributed by atoms with Gasteiger partial charge >= 0.3 is 0 Å². The molecule has 3 heteroatoms. The first-order chi connectivity index (χ1) is 6.81. The van der Waals surface area contributed by atoms with E-state index < -0.39 is 0 Å². The van der Waals surface area contributed by atoms with Crippen molar-refractivity contribution < 1.29 is 0 Å². The average Bonchev–Trinajstić information content (AvgIpc) is 2.65. The molecule has 0 bridgehead atoms. The summed E-state index contributed by atoms with van der Waals surface area (Å²) >= 11 is 3.95. The van der Waals surface area contributed by atoms with E-state index in [1.54, 1.807) is 11.3 Å². The highest BCUT2D eigenvalue weighted by molar-refractivity contribution is 14.1. The first kappa shape index (κ1) is 10.1. The van der Waals surface area contributed by atoms with Crippen LogP contribution in [0.1, 0.15) is 12.5 Å². The van der Waals surface area contributed by atoms with Crippen LogP contribution >= 0.6 is 33.9 Å².